The number of nitrogens with zero attached hydrogens (tertiary/aromatic N) is 2. The molecule has 0 spiro atoms. The molecule has 0 unspecified atom stereocenters. The highest BCUT2D eigenvalue weighted by Crippen LogP contribution is 2.45. The zero-order valence-corrected chi connectivity index (χ0v) is 28.5. The van der Waals surface area contributed by atoms with Crippen molar-refractivity contribution >= 4 is 72.2 Å². The van der Waals surface area contributed by atoms with Crippen LogP contribution in [0.4, 0.5) is 0 Å². The highest BCUT2D eigenvalue weighted by atomic mass is 31.2. The van der Waals surface area contributed by atoms with E-state index in [-0.39, 0.29) is 0 Å². The van der Waals surface area contributed by atoms with E-state index in [0.717, 1.165) is 76.5 Å². The molecular weight excluding hydrogens is 640 g/mol. The standard InChI is InChI=1S/C47H31N2OP/c50-51(35-13-3-1-4-14-35,36-15-5-2-6-16-36)46-30-29-37(38-17-7-8-19-40(38)46)33-25-23-32(24-26-33)34-27-28-41-42(31-34)39-18-9-11-21-44(39)49-45-22-12-10-20-43(45)48-47(41)49/h1-31H. The quantitative estimate of drug-likeness (QED) is 0.135. The van der Waals surface area contributed by atoms with Crippen LogP contribution in [0, 0.1) is 0 Å². The fourth-order valence-corrected chi connectivity index (χ4v) is 10.7. The molecule has 0 amide bonds. The van der Waals surface area contributed by atoms with Crippen LogP contribution in [0.1, 0.15) is 0 Å². The van der Waals surface area contributed by atoms with Crippen LogP contribution in [0.2, 0.25) is 0 Å². The highest BCUT2D eigenvalue weighted by molar-refractivity contribution is 7.85. The normalized spacial score (nSPS) is 12.0. The average Bonchev–Trinajstić information content (AvgIpc) is 3.61. The predicted molar refractivity (Wildman–Crippen MR) is 215 cm³/mol. The van der Waals surface area contributed by atoms with Crippen LogP contribution in [0.15, 0.2) is 188 Å². The van der Waals surface area contributed by atoms with Crippen LogP contribution in [0.25, 0.3) is 71.4 Å². The Bertz CT molecular complexity index is 2940. The molecule has 0 N–H and O–H groups in total. The molecule has 0 aliphatic rings. The minimum atomic E-state index is -3.15. The summed E-state index contributed by atoms with van der Waals surface area (Å²) in [6.07, 6.45) is 0. The second kappa shape index (κ2) is 11.7. The Labute approximate surface area is 295 Å². The number of rotatable bonds is 5. The maximum atomic E-state index is 15.4. The van der Waals surface area contributed by atoms with Gasteiger partial charge >= 0.3 is 0 Å². The average molecular weight is 671 g/mol. The van der Waals surface area contributed by atoms with Crippen molar-refractivity contribution in [3.8, 4) is 22.3 Å². The Morgan fingerprint density at radius 3 is 1.71 bits per heavy atom. The molecule has 0 fully saturated rings. The fraction of sp³-hybridized carbons (Fsp3) is 0. The van der Waals surface area contributed by atoms with Gasteiger partial charge in [0.2, 0.25) is 0 Å². The Morgan fingerprint density at radius 1 is 0.412 bits per heavy atom. The summed E-state index contributed by atoms with van der Waals surface area (Å²) >= 11 is 0. The smallest absolute Gasteiger partial charge is 0.171 e. The number of aromatic nitrogens is 2. The topological polar surface area (TPSA) is 34.4 Å². The van der Waals surface area contributed by atoms with Gasteiger partial charge in [0.25, 0.3) is 0 Å². The molecule has 10 rings (SSSR count). The first-order chi connectivity index (χ1) is 25.2. The van der Waals surface area contributed by atoms with E-state index in [1.807, 2.05) is 72.8 Å². The van der Waals surface area contributed by atoms with Crippen LogP contribution in [0.3, 0.4) is 0 Å². The van der Waals surface area contributed by atoms with Gasteiger partial charge in [-0.05, 0) is 74.8 Å². The van der Waals surface area contributed by atoms with E-state index in [1.165, 1.54) is 10.8 Å². The van der Waals surface area contributed by atoms with Gasteiger partial charge in [0.1, 0.15) is 5.65 Å². The molecular formula is C47H31N2OP. The van der Waals surface area contributed by atoms with E-state index < -0.39 is 7.14 Å². The number of imidazole rings is 1. The summed E-state index contributed by atoms with van der Waals surface area (Å²) in [5, 5.41) is 8.16. The first-order valence-electron chi connectivity index (χ1n) is 17.2. The van der Waals surface area contributed by atoms with Crippen molar-refractivity contribution in [1.29, 1.82) is 0 Å². The van der Waals surface area contributed by atoms with Crippen molar-refractivity contribution in [3.63, 3.8) is 0 Å². The molecule has 0 saturated heterocycles. The molecule has 2 heterocycles. The number of hydrogen-bond acceptors (Lipinski definition) is 2. The third-order valence-corrected chi connectivity index (χ3v) is 13.4. The van der Waals surface area contributed by atoms with Crippen molar-refractivity contribution < 1.29 is 4.57 Å². The number of pyridine rings is 1. The van der Waals surface area contributed by atoms with Gasteiger partial charge in [-0.3, -0.25) is 4.40 Å². The second-order valence-electron chi connectivity index (χ2n) is 13.1. The van der Waals surface area contributed by atoms with Crippen LogP contribution in [-0.4, -0.2) is 9.38 Å². The zero-order valence-electron chi connectivity index (χ0n) is 27.6. The largest absolute Gasteiger partial charge is 0.309 e. The van der Waals surface area contributed by atoms with Crippen molar-refractivity contribution in [1.82, 2.24) is 9.38 Å². The van der Waals surface area contributed by atoms with E-state index >= 15 is 4.57 Å². The monoisotopic (exact) mass is 670 g/mol. The second-order valence-corrected chi connectivity index (χ2v) is 15.8. The lowest BCUT2D eigenvalue weighted by Crippen LogP contribution is -2.25. The molecule has 2 aromatic heterocycles. The van der Waals surface area contributed by atoms with Crippen LogP contribution in [-0.2, 0) is 4.57 Å². The molecule has 240 valence electrons. The summed E-state index contributed by atoms with van der Waals surface area (Å²) < 4.78 is 17.7. The molecule has 51 heavy (non-hydrogen) atoms. The summed E-state index contributed by atoms with van der Waals surface area (Å²) in [5.74, 6) is 0. The molecule has 3 nitrogen and oxygen atoms in total. The maximum absolute atomic E-state index is 15.4. The van der Waals surface area contributed by atoms with Crippen LogP contribution < -0.4 is 15.9 Å². The van der Waals surface area contributed by atoms with Gasteiger partial charge in [-0.15, -0.1) is 0 Å². The molecule has 4 heteroatoms. The number of fused-ring (bicyclic) bond motifs is 9. The third kappa shape index (κ3) is 4.59. The van der Waals surface area contributed by atoms with Gasteiger partial charge < -0.3 is 4.57 Å². The molecule has 0 bridgehead atoms. The third-order valence-electron chi connectivity index (χ3n) is 10.3. The summed E-state index contributed by atoms with van der Waals surface area (Å²) in [6, 6.07) is 64.9. The number of benzene rings is 8. The van der Waals surface area contributed by atoms with E-state index in [4.69, 9.17) is 4.98 Å². The lowest BCUT2D eigenvalue weighted by Gasteiger charge is -2.22. The van der Waals surface area contributed by atoms with Crippen LogP contribution >= 0.6 is 7.14 Å². The zero-order chi connectivity index (χ0) is 33.9. The van der Waals surface area contributed by atoms with Gasteiger partial charge in [0.05, 0.1) is 16.6 Å². The van der Waals surface area contributed by atoms with E-state index in [0.29, 0.717) is 0 Å². The number of para-hydroxylation sites is 3. The molecule has 0 atom stereocenters. The lowest BCUT2D eigenvalue weighted by atomic mass is 9.95. The Morgan fingerprint density at radius 2 is 0.980 bits per heavy atom. The first kappa shape index (κ1) is 29.6. The number of hydrogen-bond donors (Lipinski definition) is 0. The minimum absolute atomic E-state index is 0.836. The molecule has 0 aliphatic heterocycles. The predicted octanol–water partition coefficient (Wildman–Crippen LogP) is 10.9. The van der Waals surface area contributed by atoms with Crippen molar-refractivity contribution in [2.75, 3.05) is 0 Å². The van der Waals surface area contributed by atoms with E-state index in [1.54, 1.807) is 0 Å². The van der Waals surface area contributed by atoms with Crippen molar-refractivity contribution in [2.45, 2.75) is 0 Å². The molecule has 0 saturated carbocycles. The SMILES string of the molecule is O=P(c1ccccc1)(c1ccccc1)c1ccc(-c2ccc(-c3ccc4c(c3)c3ccccc3n3c5ccccc5nc43)cc2)c2ccccc12. The van der Waals surface area contributed by atoms with Crippen molar-refractivity contribution in [3.05, 3.63) is 188 Å². The Hall–Kier alpha value is -6.28. The summed E-state index contributed by atoms with van der Waals surface area (Å²) in [7, 11) is -3.15. The van der Waals surface area contributed by atoms with Gasteiger partial charge in [-0.2, -0.15) is 0 Å². The summed E-state index contributed by atoms with van der Waals surface area (Å²) in [4.78, 5) is 5.07. The van der Waals surface area contributed by atoms with Gasteiger partial charge in [-0.25, -0.2) is 4.98 Å². The Balaban J connectivity index is 1.09. The highest BCUT2D eigenvalue weighted by Gasteiger charge is 2.31. The van der Waals surface area contributed by atoms with E-state index in [9.17, 15) is 0 Å². The maximum Gasteiger partial charge on any atom is 0.171 e. The molecule has 8 aromatic carbocycles. The molecule has 0 radical (unpaired) electrons. The Kier molecular flexibility index (Phi) is 6.77. The molecule has 0 aliphatic carbocycles. The first-order valence-corrected chi connectivity index (χ1v) is 19.0. The van der Waals surface area contributed by atoms with E-state index in [2.05, 4.69) is 120 Å². The summed E-state index contributed by atoms with van der Waals surface area (Å²) in [5.41, 5.74) is 8.79. The lowest BCUT2D eigenvalue weighted by molar-refractivity contribution is 0.592. The van der Waals surface area contributed by atoms with Gasteiger partial charge in [0.15, 0.2) is 7.14 Å². The van der Waals surface area contributed by atoms with Crippen LogP contribution in [0.5, 0.6) is 0 Å². The summed E-state index contributed by atoms with van der Waals surface area (Å²) in [6.45, 7) is 0. The fourth-order valence-electron chi connectivity index (χ4n) is 7.84. The minimum Gasteiger partial charge on any atom is -0.309 e. The van der Waals surface area contributed by atoms with Gasteiger partial charge in [-0.1, -0.05) is 152 Å². The van der Waals surface area contributed by atoms with Crippen molar-refractivity contribution in [2.24, 2.45) is 0 Å². The van der Waals surface area contributed by atoms with Gasteiger partial charge in [0, 0.05) is 26.7 Å². The molecule has 10 aromatic rings.